The van der Waals surface area contributed by atoms with E-state index in [1.54, 1.807) is 11.8 Å². The fraction of sp³-hybridized carbons (Fsp3) is 0.294. The van der Waals surface area contributed by atoms with Crippen molar-refractivity contribution in [3.8, 4) is 0 Å². The number of hydrogen-bond acceptors (Lipinski definition) is 2. The summed E-state index contributed by atoms with van der Waals surface area (Å²) in [6, 6.07) is 12.1. The van der Waals surface area contributed by atoms with Gasteiger partial charge in [0.15, 0.2) is 0 Å². The Hall–Kier alpha value is -0.670. The van der Waals surface area contributed by atoms with Crippen molar-refractivity contribution in [2.24, 2.45) is 0 Å². The van der Waals surface area contributed by atoms with Crippen molar-refractivity contribution in [3.63, 3.8) is 0 Å². The van der Waals surface area contributed by atoms with Gasteiger partial charge in [-0.15, -0.1) is 0 Å². The predicted octanol–water partition coefficient (Wildman–Crippen LogP) is 5.95. The predicted molar refractivity (Wildman–Crippen MR) is 93.8 cm³/mol. The minimum atomic E-state index is 0.708. The molecule has 0 aromatic heterocycles. The van der Waals surface area contributed by atoms with E-state index in [1.165, 1.54) is 16.0 Å². The van der Waals surface area contributed by atoms with Gasteiger partial charge in [-0.1, -0.05) is 54.0 Å². The van der Waals surface area contributed by atoms with Gasteiger partial charge < -0.3 is 5.32 Å². The van der Waals surface area contributed by atoms with Gasteiger partial charge in [0.25, 0.3) is 0 Å². The number of aryl methyl sites for hydroxylation is 1. The van der Waals surface area contributed by atoms with Gasteiger partial charge in [-0.3, -0.25) is 0 Å². The van der Waals surface area contributed by atoms with Crippen molar-refractivity contribution in [1.82, 2.24) is 5.32 Å². The smallest absolute Gasteiger partial charge is 0.0546 e. The van der Waals surface area contributed by atoms with Crippen LogP contribution in [0, 0.1) is 6.92 Å². The Morgan fingerprint density at radius 1 is 1.05 bits per heavy atom. The molecule has 0 aliphatic rings. The third-order valence-corrected chi connectivity index (χ3v) is 5.02. The fourth-order valence-corrected chi connectivity index (χ4v) is 3.43. The molecule has 0 aliphatic heterocycles. The molecule has 0 heterocycles. The van der Waals surface area contributed by atoms with Gasteiger partial charge in [-0.25, -0.2) is 0 Å². The lowest BCUT2D eigenvalue weighted by Crippen LogP contribution is -2.13. The minimum Gasteiger partial charge on any atom is -0.313 e. The molecule has 1 N–H and O–H groups in total. The number of nitrogens with one attached hydrogen (secondary N) is 1. The summed E-state index contributed by atoms with van der Waals surface area (Å²) >= 11 is 13.9. The highest BCUT2D eigenvalue weighted by molar-refractivity contribution is 7.99. The van der Waals surface area contributed by atoms with E-state index in [1.807, 2.05) is 18.2 Å². The van der Waals surface area contributed by atoms with Crippen LogP contribution in [0.1, 0.15) is 24.5 Å². The summed E-state index contributed by atoms with van der Waals surface area (Å²) in [4.78, 5) is 2.20. The quantitative estimate of drug-likeness (QED) is 0.652. The third kappa shape index (κ3) is 4.93. The molecule has 112 valence electrons. The minimum absolute atomic E-state index is 0.708. The molecular formula is C17H19Cl2NS. The van der Waals surface area contributed by atoms with E-state index in [9.17, 15) is 0 Å². The average molecular weight is 340 g/mol. The van der Waals surface area contributed by atoms with Crippen LogP contribution in [0.4, 0.5) is 0 Å². The molecular weight excluding hydrogens is 321 g/mol. The Bertz CT molecular complexity index is 614. The molecule has 0 atom stereocenters. The molecule has 0 bridgehead atoms. The van der Waals surface area contributed by atoms with Gasteiger partial charge in [0.2, 0.25) is 0 Å². The first-order valence-electron chi connectivity index (χ1n) is 7.03. The van der Waals surface area contributed by atoms with Crippen LogP contribution in [-0.4, -0.2) is 6.54 Å². The van der Waals surface area contributed by atoms with Crippen molar-refractivity contribution in [2.75, 3.05) is 6.54 Å². The van der Waals surface area contributed by atoms with Crippen molar-refractivity contribution < 1.29 is 0 Å². The zero-order valence-corrected chi connectivity index (χ0v) is 14.6. The summed E-state index contributed by atoms with van der Waals surface area (Å²) in [5, 5.41) is 4.86. The summed E-state index contributed by atoms with van der Waals surface area (Å²) < 4.78 is 0. The van der Waals surface area contributed by atoms with Gasteiger partial charge in [-0.05, 0) is 55.3 Å². The molecule has 0 unspecified atom stereocenters. The highest BCUT2D eigenvalue weighted by Crippen LogP contribution is 2.36. The lowest BCUT2D eigenvalue weighted by atomic mass is 10.1. The molecule has 0 amide bonds. The maximum atomic E-state index is 6.22. The van der Waals surface area contributed by atoms with Crippen LogP contribution in [0.5, 0.6) is 0 Å². The number of rotatable bonds is 6. The first-order valence-corrected chi connectivity index (χ1v) is 8.60. The van der Waals surface area contributed by atoms with Gasteiger partial charge in [0, 0.05) is 21.4 Å². The fourth-order valence-electron chi connectivity index (χ4n) is 2.02. The van der Waals surface area contributed by atoms with Crippen LogP contribution in [-0.2, 0) is 6.54 Å². The van der Waals surface area contributed by atoms with Gasteiger partial charge in [-0.2, -0.15) is 0 Å². The van der Waals surface area contributed by atoms with Gasteiger partial charge in [0.05, 0.1) is 5.02 Å². The first-order chi connectivity index (χ1) is 10.1. The normalized spacial score (nSPS) is 10.9. The van der Waals surface area contributed by atoms with E-state index in [0.717, 1.165) is 29.4 Å². The monoisotopic (exact) mass is 339 g/mol. The molecule has 2 aromatic rings. The van der Waals surface area contributed by atoms with Gasteiger partial charge in [0.1, 0.15) is 0 Å². The van der Waals surface area contributed by atoms with E-state index in [0.29, 0.717) is 5.02 Å². The molecule has 1 nitrogen and oxygen atoms in total. The Morgan fingerprint density at radius 3 is 2.57 bits per heavy atom. The van der Waals surface area contributed by atoms with Crippen molar-refractivity contribution in [2.45, 2.75) is 36.6 Å². The topological polar surface area (TPSA) is 12.0 Å². The van der Waals surface area contributed by atoms with Crippen molar-refractivity contribution >= 4 is 35.0 Å². The van der Waals surface area contributed by atoms with E-state index in [-0.39, 0.29) is 0 Å². The van der Waals surface area contributed by atoms with E-state index < -0.39 is 0 Å². The molecule has 0 saturated carbocycles. The van der Waals surface area contributed by atoms with E-state index in [4.69, 9.17) is 23.2 Å². The second-order valence-electron chi connectivity index (χ2n) is 4.95. The number of hydrogen-bond donors (Lipinski definition) is 1. The second-order valence-corrected chi connectivity index (χ2v) is 6.88. The second kappa shape index (κ2) is 8.09. The average Bonchev–Trinajstić information content (AvgIpc) is 2.46. The standard InChI is InChI=1S/C17H19Cl2NS/c1-3-8-20-11-13-4-7-16(12(2)9-13)21-17-10-14(18)5-6-15(17)19/h4-7,9-10,20H,3,8,11H2,1-2H3. The zero-order chi connectivity index (χ0) is 15.2. The number of benzene rings is 2. The Labute approximate surface area is 141 Å². The molecule has 4 heteroatoms. The SMILES string of the molecule is CCCNCc1ccc(Sc2cc(Cl)ccc2Cl)c(C)c1. The summed E-state index contributed by atoms with van der Waals surface area (Å²) in [6.07, 6.45) is 1.15. The first kappa shape index (κ1) is 16.7. The third-order valence-electron chi connectivity index (χ3n) is 3.11. The molecule has 0 fully saturated rings. The van der Waals surface area contributed by atoms with Crippen molar-refractivity contribution in [1.29, 1.82) is 0 Å². The Balaban J connectivity index is 2.12. The maximum absolute atomic E-state index is 6.22. The molecule has 0 radical (unpaired) electrons. The van der Waals surface area contributed by atoms with Crippen LogP contribution < -0.4 is 5.32 Å². The Morgan fingerprint density at radius 2 is 1.86 bits per heavy atom. The van der Waals surface area contributed by atoms with Crippen LogP contribution in [0.15, 0.2) is 46.2 Å². The van der Waals surface area contributed by atoms with Crippen LogP contribution in [0.25, 0.3) is 0 Å². The van der Waals surface area contributed by atoms with Crippen LogP contribution in [0.2, 0.25) is 10.0 Å². The van der Waals surface area contributed by atoms with E-state index in [2.05, 4.69) is 37.4 Å². The van der Waals surface area contributed by atoms with Crippen LogP contribution in [0.3, 0.4) is 0 Å². The molecule has 0 spiro atoms. The highest BCUT2D eigenvalue weighted by atomic mass is 35.5. The lowest BCUT2D eigenvalue weighted by Gasteiger charge is -2.10. The largest absolute Gasteiger partial charge is 0.313 e. The maximum Gasteiger partial charge on any atom is 0.0546 e. The van der Waals surface area contributed by atoms with Crippen LogP contribution >= 0.6 is 35.0 Å². The Kier molecular flexibility index (Phi) is 6.43. The molecule has 0 aliphatic carbocycles. The van der Waals surface area contributed by atoms with E-state index >= 15 is 0 Å². The summed E-state index contributed by atoms with van der Waals surface area (Å²) in [6.45, 7) is 6.27. The molecule has 21 heavy (non-hydrogen) atoms. The number of halogens is 2. The molecule has 2 aromatic carbocycles. The zero-order valence-electron chi connectivity index (χ0n) is 12.2. The molecule has 2 rings (SSSR count). The summed E-state index contributed by atoms with van der Waals surface area (Å²) in [5.74, 6) is 0. The highest BCUT2D eigenvalue weighted by Gasteiger charge is 2.07. The van der Waals surface area contributed by atoms with Gasteiger partial charge >= 0.3 is 0 Å². The lowest BCUT2D eigenvalue weighted by molar-refractivity contribution is 0.675. The summed E-state index contributed by atoms with van der Waals surface area (Å²) in [7, 11) is 0. The van der Waals surface area contributed by atoms with Crippen molar-refractivity contribution in [3.05, 3.63) is 57.6 Å². The summed E-state index contributed by atoms with van der Waals surface area (Å²) in [5.41, 5.74) is 2.56. The molecule has 0 saturated heterocycles.